The summed E-state index contributed by atoms with van der Waals surface area (Å²) in [6.45, 7) is 1.95. The van der Waals surface area contributed by atoms with Crippen molar-refractivity contribution in [3.63, 3.8) is 0 Å². The molecule has 130 valence electrons. The van der Waals surface area contributed by atoms with E-state index in [4.69, 9.17) is 35.4 Å². The van der Waals surface area contributed by atoms with Crippen LogP contribution >= 0.6 is 35.4 Å². The van der Waals surface area contributed by atoms with E-state index in [1.54, 1.807) is 22.9 Å². The lowest BCUT2D eigenvalue weighted by atomic mass is 10.3. The SMILES string of the molecule is CCc1nn(CC(=O)Nc2cc(Cl)ccc2Cl)c(=S)n1-n1cccc1. The van der Waals surface area contributed by atoms with Crippen LogP contribution in [0, 0.1) is 4.77 Å². The molecule has 0 bridgehead atoms. The van der Waals surface area contributed by atoms with Crippen LogP contribution in [0.4, 0.5) is 5.69 Å². The Hall–Kier alpha value is -2.09. The monoisotopic (exact) mass is 395 g/mol. The summed E-state index contributed by atoms with van der Waals surface area (Å²) in [5, 5.41) is 8.07. The van der Waals surface area contributed by atoms with E-state index in [-0.39, 0.29) is 12.5 Å². The van der Waals surface area contributed by atoms with Gasteiger partial charge in [0.2, 0.25) is 10.7 Å². The van der Waals surface area contributed by atoms with E-state index in [0.29, 0.717) is 26.9 Å². The zero-order valence-electron chi connectivity index (χ0n) is 13.3. The third kappa shape index (κ3) is 3.78. The molecule has 0 saturated heterocycles. The lowest BCUT2D eigenvalue weighted by molar-refractivity contribution is -0.116. The topological polar surface area (TPSA) is 56.8 Å². The number of hydrogen-bond donors (Lipinski definition) is 1. The summed E-state index contributed by atoms with van der Waals surface area (Å²) < 4.78 is 5.54. The number of carbonyl (C=O) groups is 1. The minimum atomic E-state index is -0.292. The molecule has 1 aromatic carbocycles. The van der Waals surface area contributed by atoms with Gasteiger partial charge in [0, 0.05) is 23.8 Å². The van der Waals surface area contributed by atoms with Gasteiger partial charge < -0.3 is 5.32 Å². The summed E-state index contributed by atoms with van der Waals surface area (Å²) in [6, 6.07) is 8.67. The van der Waals surface area contributed by atoms with Crippen LogP contribution in [0.15, 0.2) is 42.7 Å². The fourth-order valence-corrected chi connectivity index (χ4v) is 3.02. The number of nitrogens with zero attached hydrogens (tertiary/aromatic N) is 4. The zero-order valence-corrected chi connectivity index (χ0v) is 15.6. The Kier molecular flexibility index (Phi) is 5.27. The van der Waals surface area contributed by atoms with Crippen molar-refractivity contribution in [3.8, 4) is 0 Å². The van der Waals surface area contributed by atoms with Crippen LogP contribution in [-0.4, -0.2) is 25.0 Å². The summed E-state index contributed by atoms with van der Waals surface area (Å²) in [5.41, 5.74) is 0.450. The van der Waals surface area contributed by atoms with Crippen LogP contribution in [0.3, 0.4) is 0 Å². The van der Waals surface area contributed by atoms with E-state index in [0.717, 1.165) is 5.82 Å². The lowest BCUT2D eigenvalue weighted by Crippen LogP contribution is -2.20. The summed E-state index contributed by atoms with van der Waals surface area (Å²) in [4.78, 5) is 12.4. The van der Waals surface area contributed by atoms with Crippen molar-refractivity contribution in [1.82, 2.24) is 19.1 Å². The first-order valence-corrected chi connectivity index (χ1v) is 8.73. The predicted molar refractivity (Wildman–Crippen MR) is 101 cm³/mol. The van der Waals surface area contributed by atoms with E-state index in [1.165, 1.54) is 4.68 Å². The van der Waals surface area contributed by atoms with Crippen LogP contribution < -0.4 is 5.32 Å². The number of aromatic nitrogens is 4. The van der Waals surface area contributed by atoms with E-state index in [1.807, 2.05) is 36.1 Å². The second-order valence-electron chi connectivity index (χ2n) is 5.26. The Morgan fingerprint density at radius 1 is 1.28 bits per heavy atom. The summed E-state index contributed by atoms with van der Waals surface area (Å²) >= 11 is 17.5. The number of amides is 1. The van der Waals surface area contributed by atoms with Gasteiger partial charge in [-0.15, -0.1) is 0 Å². The first kappa shape index (κ1) is 17.7. The fraction of sp³-hybridized carbons (Fsp3) is 0.188. The van der Waals surface area contributed by atoms with Crippen molar-refractivity contribution in [2.45, 2.75) is 19.9 Å². The number of halogens is 2. The Morgan fingerprint density at radius 2 is 2.00 bits per heavy atom. The van der Waals surface area contributed by atoms with E-state index < -0.39 is 0 Å². The maximum atomic E-state index is 12.4. The van der Waals surface area contributed by atoms with Crippen molar-refractivity contribution in [3.05, 3.63) is 63.4 Å². The predicted octanol–water partition coefficient (Wildman–Crippen LogP) is 4.03. The maximum absolute atomic E-state index is 12.4. The first-order valence-electron chi connectivity index (χ1n) is 7.57. The quantitative estimate of drug-likeness (QED) is 0.663. The molecule has 0 spiro atoms. The largest absolute Gasteiger partial charge is 0.323 e. The van der Waals surface area contributed by atoms with Crippen LogP contribution in [-0.2, 0) is 17.8 Å². The van der Waals surface area contributed by atoms with E-state index in [9.17, 15) is 4.79 Å². The van der Waals surface area contributed by atoms with Gasteiger partial charge in [0.15, 0.2) is 5.82 Å². The molecule has 0 saturated carbocycles. The number of nitrogens with one attached hydrogen (secondary N) is 1. The molecule has 25 heavy (non-hydrogen) atoms. The van der Waals surface area contributed by atoms with Gasteiger partial charge in [0.1, 0.15) is 6.54 Å². The van der Waals surface area contributed by atoms with Crippen LogP contribution in [0.5, 0.6) is 0 Å². The van der Waals surface area contributed by atoms with Crippen molar-refractivity contribution in [2.75, 3.05) is 5.32 Å². The van der Waals surface area contributed by atoms with Crippen molar-refractivity contribution in [1.29, 1.82) is 0 Å². The molecule has 0 aliphatic carbocycles. The average Bonchev–Trinajstić information content (AvgIpc) is 3.19. The molecule has 0 unspecified atom stereocenters. The molecule has 1 amide bonds. The fourth-order valence-electron chi connectivity index (χ4n) is 2.38. The Labute approximate surface area is 159 Å². The van der Waals surface area contributed by atoms with Gasteiger partial charge in [0.05, 0.1) is 10.7 Å². The smallest absolute Gasteiger partial charge is 0.246 e. The minimum Gasteiger partial charge on any atom is -0.323 e. The number of anilines is 1. The molecule has 0 aliphatic rings. The highest BCUT2D eigenvalue weighted by Gasteiger charge is 2.14. The molecular weight excluding hydrogens is 381 g/mol. The molecule has 2 heterocycles. The third-order valence-corrected chi connectivity index (χ3v) is 4.46. The van der Waals surface area contributed by atoms with Crippen LogP contribution in [0.1, 0.15) is 12.7 Å². The summed E-state index contributed by atoms with van der Waals surface area (Å²) in [7, 11) is 0. The second kappa shape index (κ2) is 7.43. The number of aryl methyl sites for hydroxylation is 1. The first-order chi connectivity index (χ1) is 12.0. The van der Waals surface area contributed by atoms with E-state index >= 15 is 0 Å². The van der Waals surface area contributed by atoms with Gasteiger partial charge in [0.25, 0.3) is 0 Å². The summed E-state index contributed by atoms with van der Waals surface area (Å²) in [6.07, 6.45) is 4.41. The Bertz CT molecular complexity index is 962. The highest BCUT2D eigenvalue weighted by atomic mass is 35.5. The molecule has 0 atom stereocenters. The standard InChI is InChI=1S/C16H15Cl2N5OS/c1-2-14-20-22(16(25)23(14)21-7-3-4-8-21)10-15(24)19-13-9-11(17)5-6-12(13)18/h3-9H,2,10H2,1H3,(H,19,24). The van der Waals surface area contributed by atoms with Crippen molar-refractivity contribution < 1.29 is 4.79 Å². The Balaban J connectivity index is 1.85. The molecule has 2 aromatic heterocycles. The van der Waals surface area contributed by atoms with Gasteiger partial charge >= 0.3 is 0 Å². The van der Waals surface area contributed by atoms with E-state index in [2.05, 4.69) is 10.4 Å². The molecular formula is C16H15Cl2N5OS. The lowest BCUT2D eigenvalue weighted by Gasteiger charge is -2.08. The highest BCUT2D eigenvalue weighted by Crippen LogP contribution is 2.25. The Morgan fingerprint density at radius 3 is 2.68 bits per heavy atom. The third-order valence-electron chi connectivity index (χ3n) is 3.51. The number of rotatable bonds is 5. The van der Waals surface area contributed by atoms with Crippen molar-refractivity contribution >= 4 is 47.0 Å². The van der Waals surface area contributed by atoms with Gasteiger partial charge in [-0.2, -0.15) is 5.10 Å². The van der Waals surface area contributed by atoms with Crippen molar-refractivity contribution in [2.24, 2.45) is 0 Å². The number of carbonyl (C=O) groups excluding carboxylic acids is 1. The molecule has 0 radical (unpaired) electrons. The molecule has 9 heteroatoms. The summed E-state index contributed by atoms with van der Waals surface area (Å²) in [5.74, 6) is 0.467. The zero-order chi connectivity index (χ0) is 18.0. The molecule has 3 aromatic rings. The molecule has 0 fully saturated rings. The number of hydrogen-bond acceptors (Lipinski definition) is 3. The normalized spacial score (nSPS) is 10.8. The maximum Gasteiger partial charge on any atom is 0.246 e. The van der Waals surface area contributed by atoms with Gasteiger partial charge in [-0.3, -0.25) is 9.47 Å². The molecule has 3 rings (SSSR count). The molecule has 6 nitrogen and oxygen atoms in total. The average molecular weight is 396 g/mol. The minimum absolute atomic E-state index is 0.0249. The number of benzene rings is 1. The second-order valence-corrected chi connectivity index (χ2v) is 6.47. The van der Waals surface area contributed by atoms with Crippen LogP contribution in [0.2, 0.25) is 10.0 Å². The molecule has 0 aliphatic heterocycles. The van der Waals surface area contributed by atoms with Gasteiger partial charge in [-0.05, 0) is 42.5 Å². The van der Waals surface area contributed by atoms with Gasteiger partial charge in [-0.1, -0.05) is 30.1 Å². The molecule has 1 N–H and O–H groups in total. The highest BCUT2D eigenvalue weighted by molar-refractivity contribution is 7.71. The van der Waals surface area contributed by atoms with Gasteiger partial charge in [-0.25, -0.2) is 9.36 Å². The van der Waals surface area contributed by atoms with Crippen LogP contribution in [0.25, 0.3) is 0 Å².